The molecule has 0 saturated carbocycles. The minimum atomic E-state index is -1.93. The molecule has 5 atom stereocenters. The van der Waals surface area contributed by atoms with Gasteiger partial charge in [0.1, 0.15) is 37.1 Å². The summed E-state index contributed by atoms with van der Waals surface area (Å²) in [5.41, 5.74) is 6.23. The highest BCUT2D eigenvalue weighted by Gasteiger charge is 2.32. The van der Waals surface area contributed by atoms with E-state index >= 15 is 8.78 Å². The molecule has 1 aromatic heterocycles. The molecule has 1 aliphatic rings. The van der Waals surface area contributed by atoms with Crippen LogP contribution in [0.3, 0.4) is 0 Å². The van der Waals surface area contributed by atoms with Crippen molar-refractivity contribution < 1.29 is 81.9 Å². The molecule has 0 saturated heterocycles. The number of Topliss-reactive ketones (excluding diaryl/α,β-unsaturated/α-hetero) is 1. The average Bonchev–Trinajstić information content (AvgIpc) is 3.86. The quantitative estimate of drug-likeness (QED) is 0.0449. The molecule has 1 aliphatic heterocycles. The number of aliphatic hydroxyl groups is 5. The van der Waals surface area contributed by atoms with Gasteiger partial charge < -0.3 is 64.6 Å². The number of halogens is 2. The molecule has 58 heavy (non-hydrogen) atoms. The number of thiophene rings is 1. The van der Waals surface area contributed by atoms with Crippen molar-refractivity contribution in [3.05, 3.63) is 45.8 Å². The Bertz CT molecular complexity index is 1930. The summed E-state index contributed by atoms with van der Waals surface area (Å²) >= 11 is 0.956. The number of aliphatic hydroxyl groups excluding tert-OH is 5. The van der Waals surface area contributed by atoms with Crippen molar-refractivity contribution in [2.75, 3.05) is 47.2 Å². The molecule has 7 N–H and O–H groups in total. The number of methoxy groups -OCH3 is 2. The highest BCUT2D eigenvalue weighted by molar-refractivity contribution is 7.20. The Morgan fingerprint density at radius 3 is 2.10 bits per heavy atom. The monoisotopic (exact) mass is 842 g/mol. The van der Waals surface area contributed by atoms with Crippen LogP contribution in [0.25, 0.3) is 10.1 Å². The molecule has 0 unspecified atom stereocenters. The van der Waals surface area contributed by atoms with Gasteiger partial charge in [0.2, 0.25) is 5.91 Å². The van der Waals surface area contributed by atoms with Crippen LogP contribution in [0.4, 0.5) is 8.78 Å². The first-order chi connectivity index (χ1) is 27.6. The van der Waals surface area contributed by atoms with Gasteiger partial charge in [-0.25, -0.2) is 8.78 Å². The topological polar surface area (TPSA) is 254 Å². The van der Waals surface area contributed by atoms with Crippen molar-refractivity contribution in [3.8, 4) is 23.0 Å². The molecule has 0 aliphatic carbocycles. The summed E-state index contributed by atoms with van der Waals surface area (Å²) in [4.78, 5) is 51.4. The van der Waals surface area contributed by atoms with Crippen molar-refractivity contribution >= 4 is 45.1 Å². The van der Waals surface area contributed by atoms with Gasteiger partial charge in [-0.15, -0.1) is 11.3 Å². The van der Waals surface area contributed by atoms with Crippen LogP contribution in [0.5, 0.6) is 23.0 Å². The second-order valence-corrected chi connectivity index (χ2v) is 14.4. The van der Waals surface area contributed by atoms with Crippen LogP contribution in [0.15, 0.2) is 18.2 Å². The third-order valence-corrected chi connectivity index (χ3v) is 10.2. The SMILES string of the molecule is COc1cc2c(c(F)c1OCCCOc1c(OC)cc3sc(C(=O)CCC(=O)OC[C@@H](O)[C@@H](O)[C@H](O)[C@H](O)CO)cc3c1F)CN(C(=O)CCC(=O)O[C@@H](C)CN)C2. The van der Waals surface area contributed by atoms with E-state index in [1.54, 1.807) is 13.0 Å². The predicted octanol–water partition coefficient (Wildman–Crippen LogP) is 1.50. The van der Waals surface area contributed by atoms with Crippen LogP contribution in [0, 0.1) is 11.6 Å². The zero-order chi connectivity index (χ0) is 42.7. The van der Waals surface area contributed by atoms with E-state index in [-0.39, 0.29) is 103 Å². The number of carbonyl (C=O) groups is 4. The van der Waals surface area contributed by atoms with Crippen molar-refractivity contribution in [2.24, 2.45) is 5.73 Å². The van der Waals surface area contributed by atoms with Gasteiger partial charge in [-0.2, -0.15) is 0 Å². The Morgan fingerprint density at radius 1 is 0.845 bits per heavy atom. The second-order valence-electron chi connectivity index (χ2n) is 13.3. The lowest BCUT2D eigenvalue weighted by Gasteiger charge is -2.25. The number of hydrogen-bond donors (Lipinski definition) is 6. The Hall–Kier alpha value is -4.70. The lowest BCUT2D eigenvalue weighted by atomic mass is 10.0. The highest BCUT2D eigenvalue weighted by Crippen LogP contribution is 2.41. The minimum absolute atomic E-state index is 0.0365. The van der Waals surface area contributed by atoms with E-state index in [1.807, 2.05) is 0 Å². The molecule has 0 bridgehead atoms. The molecule has 0 fully saturated rings. The Balaban J connectivity index is 1.30. The largest absolute Gasteiger partial charge is 0.493 e. The lowest BCUT2D eigenvalue weighted by Crippen LogP contribution is -2.47. The number of nitrogens with two attached hydrogens (primary N) is 1. The highest BCUT2D eigenvalue weighted by atomic mass is 32.1. The summed E-state index contributed by atoms with van der Waals surface area (Å²) in [6.07, 6.45) is -8.68. The number of fused-ring (bicyclic) bond motifs is 2. The number of rotatable bonds is 23. The second kappa shape index (κ2) is 21.3. The predicted molar refractivity (Wildman–Crippen MR) is 201 cm³/mol. The third-order valence-electron chi connectivity index (χ3n) is 9.13. The van der Waals surface area contributed by atoms with E-state index in [4.69, 9.17) is 39.3 Å². The van der Waals surface area contributed by atoms with Crippen molar-refractivity contribution in [3.63, 3.8) is 0 Å². The van der Waals surface area contributed by atoms with Gasteiger partial charge in [0.05, 0.1) is 51.8 Å². The average molecular weight is 843 g/mol. The first kappa shape index (κ1) is 46.0. The minimum Gasteiger partial charge on any atom is -0.493 e. The number of amides is 1. The van der Waals surface area contributed by atoms with Gasteiger partial charge in [-0.1, -0.05) is 0 Å². The fourth-order valence-corrected chi connectivity index (χ4v) is 6.86. The Labute approximate surface area is 335 Å². The molecular weight excluding hydrogens is 794 g/mol. The zero-order valence-electron chi connectivity index (χ0n) is 32.1. The summed E-state index contributed by atoms with van der Waals surface area (Å²) in [5, 5.41) is 47.7. The van der Waals surface area contributed by atoms with Crippen molar-refractivity contribution in [1.29, 1.82) is 0 Å². The van der Waals surface area contributed by atoms with Crippen molar-refractivity contribution in [1.82, 2.24) is 4.90 Å². The van der Waals surface area contributed by atoms with E-state index in [0.717, 1.165) is 11.3 Å². The Kier molecular flexibility index (Phi) is 16.9. The van der Waals surface area contributed by atoms with Crippen LogP contribution in [-0.2, 0) is 36.9 Å². The molecule has 17 nitrogen and oxygen atoms in total. The molecule has 2 heterocycles. The molecule has 320 valence electrons. The van der Waals surface area contributed by atoms with E-state index in [1.165, 1.54) is 31.3 Å². The van der Waals surface area contributed by atoms with Crippen molar-refractivity contribution in [2.45, 2.75) is 82.6 Å². The molecule has 0 spiro atoms. The molecule has 20 heteroatoms. The van der Waals surface area contributed by atoms with Gasteiger partial charge in [0, 0.05) is 60.6 Å². The number of benzene rings is 2. The fraction of sp³-hybridized carbons (Fsp3) is 0.526. The lowest BCUT2D eigenvalue weighted by molar-refractivity contribution is -0.156. The van der Waals surface area contributed by atoms with Crippen LogP contribution in [0.2, 0.25) is 0 Å². The van der Waals surface area contributed by atoms with Gasteiger partial charge >= 0.3 is 11.9 Å². The third kappa shape index (κ3) is 11.5. The molecule has 4 rings (SSSR count). The van der Waals surface area contributed by atoms with Gasteiger partial charge in [0.15, 0.2) is 40.4 Å². The van der Waals surface area contributed by atoms with Gasteiger partial charge in [-0.05, 0) is 24.6 Å². The maximum Gasteiger partial charge on any atom is 0.306 e. The number of ketones is 1. The molecule has 3 aromatic rings. The fourth-order valence-electron chi connectivity index (χ4n) is 5.80. The number of ether oxygens (including phenoxy) is 6. The van der Waals surface area contributed by atoms with E-state index in [9.17, 15) is 39.6 Å². The van der Waals surface area contributed by atoms with Crippen LogP contribution in [0.1, 0.15) is 59.8 Å². The first-order valence-electron chi connectivity index (χ1n) is 18.3. The smallest absolute Gasteiger partial charge is 0.306 e. The zero-order valence-corrected chi connectivity index (χ0v) is 32.9. The van der Waals surface area contributed by atoms with Crippen LogP contribution >= 0.6 is 11.3 Å². The first-order valence-corrected chi connectivity index (χ1v) is 19.1. The molecule has 1 amide bonds. The number of nitrogens with zero attached hydrogens (tertiary/aromatic N) is 1. The number of hydrogen-bond acceptors (Lipinski definition) is 17. The van der Waals surface area contributed by atoms with E-state index in [2.05, 4.69) is 0 Å². The van der Waals surface area contributed by atoms with Crippen LogP contribution in [-0.4, -0.2) is 132 Å². The summed E-state index contributed by atoms with van der Waals surface area (Å²) in [6.45, 7) is 0.0705. The number of esters is 2. The summed E-state index contributed by atoms with van der Waals surface area (Å²) in [6, 6.07) is 4.38. The van der Waals surface area contributed by atoms with Gasteiger partial charge in [-0.3, -0.25) is 19.2 Å². The Morgan fingerprint density at radius 2 is 1.47 bits per heavy atom. The standard InChI is InChI=1S/C38H48F2N2O15S/c1-19(14-41)57-32(49)8-6-30(47)42-15-20-11-26(52-2)37(34(40)22(20)16-42)54-9-4-10-55-38-27(53-3)13-28-21(33(38)39)12-29(58-28)23(44)5-7-31(48)56-18-25(46)36(51)35(50)24(45)17-43/h11-13,19,24-25,35-36,43,45-46,50-51H,4-10,14-18,41H2,1-3H3/t19-,24+,25+,35+,36+/m0/s1. The summed E-state index contributed by atoms with van der Waals surface area (Å²) in [5.74, 6) is -4.10. The molecule has 2 aromatic carbocycles. The normalized spacial score (nSPS) is 14.9. The molecule has 0 radical (unpaired) electrons. The number of carbonyl (C=O) groups excluding carboxylic acids is 4. The maximum absolute atomic E-state index is 15.7. The van der Waals surface area contributed by atoms with Crippen LogP contribution < -0.4 is 24.7 Å². The van der Waals surface area contributed by atoms with E-state index < -0.39 is 79.5 Å². The van der Waals surface area contributed by atoms with E-state index in [0.29, 0.717) is 10.3 Å². The van der Waals surface area contributed by atoms with Gasteiger partial charge in [0.25, 0.3) is 0 Å². The molecular formula is C38H48F2N2O15S. The maximum atomic E-state index is 15.7. The summed E-state index contributed by atoms with van der Waals surface area (Å²) in [7, 11) is 2.65. The summed E-state index contributed by atoms with van der Waals surface area (Å²) < 4.78 is 63.9.